The van der Waals surface area contributed by atoms with Gasteiger partial charge in [-0.05, 0) is 24.6 Å². The SMILES string of the molecule is Cc1ccc(-n2n[n+](Cc3ccccc3)cc2-c2ccccc2)cc1. The summed E-state index contributed by atoms with van der Waals surface area (Å²) in [6.07, 6.45) is 2.11. The van der Waals surface area contributed by atoms with Gasteiger partial charge in [0.05, 0.1) is 5.21 Å². The average Bonchev–Trinajstić information content (AvgIpc) is 3.08. The Kier molecular flexibility index (Phi) is 4.13. The summed E-state index contributed by atoms with van der Waals surface area (Å²) < 4.78 is 4.01. The van der Waals surface area contributed by atoms with E-state index >= 15 is 0 Å². The first-order valence-electron chi connectivity index (χ1n) is 8.46. The predicted molar refractivity (Wildman–Crippen MR) is 99.5 cm³/mol. The summed E-state index contributed by atoms with van der Waals surface area (Å²) in [6, 6.07) is 29.3. The first kappa shape index (κ1) is 15.3. The van der Waals surface area contributed by atoms with E-state index in [1.54, 1.807) is 0 Å². The van der Waals surface area contributed by atoms with Crippen molar-refractivity contribution in [2.75, 3.05) is 0 Å². The Balaban J connectivity index is 1.79. The molecule has 0 spiro atoms. The molecule has 1 heterocycles. The van der Waals surface area contributed by atoms with Gasteiger partial charge in [0.1, 0.15) is 6.54 Å². The molecule has 0 saturated heterocycles. The lowest BCUT2D eigenvalue weighted by Crippen LogP contribution is -2.36. The molecule has 0 radical (unpaired) electrons. The molecule has 0 aliphatic rings. The van der Waals surface area contributed by atoms with E-state index in [0.717, 1.165) is 23.5 Å². The second-order valence-corrected chi connectivity index (χ2v) is 6.20. The number of benzene rings is 3. The summed E-state index contributed by atoms with van der Waals surface area (Å²) >= 11 is 0. The molecule has 1 aromatic heterocycles. The smallest absolute Gasteiger partial charge is 0.132 e. The molecular weight excluding hydrogens is 306 g/mol. The summed E-state index contributed by atoms with van der Waals surface area (Å²) in [5.41, 5.74) is 5.79. The third kappa shape index (κ3) is 3.36. The van der Waals surface area contributed by atoms with E-state index in [1.807, 2.05) is 21.5 Å². The highest BCUT2D eigenvalue weighted by atomic mass is 15.5. The van der Waals surface area contributed by atoms with E-state index in [0.29, 0.717) is 0 Å². The van der Waals surface area contributed by atoms with Gasteiger partial charge in [-0.2, -0.15) is 0 Å². The molecule has 0 unspecified atom stereocenters. The minimum absolute atomic E-state index is 0.750. The molecule has 0 aliphatic carbocycles. The van der Waals surface area contributed by atoms with Crippen molar-refractivity contribution in [1.82, 2.24) is 9.90 Å². The van der Waals surface area contributed by atoms with E-state index in [9.17, 15) is 0 Å². The summed E-state index contributed by atoms with van der Waals surface area (Å²) in [4.78, 5) is 0. The number of nitrogens with zero attached hydrogens (tertiary/aromatic N) is 3. The maximum absolute atomic E-state index is 4.82. The van der Waals surface area contributed by atoms with Crippen molar-refractivity contribution in [2.24, 2.45) is 0 Å². The largest absolute Gasteiger partial charge is 0.204 e. The molecule has 0 atom stereocenters. The number of hydrogen-bond acceptors (Lipinski definition) is 1. The zero-order chi connectivity index (χ0) is 17.1. The molecule has 4 aromatic rings. The fourth-order valence-electron chi connectivity index (χ4n) is 2.91. The lowest BCUT2D eigenvalue weighted by Gasteiger charge is -1.99. The van der Waals surface area contributed by atoms with E-state index < -0.39 is 0 Å². The Bertz CT molecular complexity index is 955. The second-order valence-electron chi connectivity index (χ2n) is 6.20. The highest BCUT2D eigenvalue weighted by Crippen LogP contribution is 2.21. The van der Waals surface area contributed by atoms with Crippen LogP contribution in [0.3, 0.4) is 0 Å². The van der Waals surface area contributed by atoms with E-state index in [1.165, 1.54) is 11.1 Å². The molecule has 0 amide bonds. The summed E-state index contributed by atoms with van der Waals surface area (Å²) in [5.74, 6) is 0. The molecular formula is C22H20N3+. The van der Waals surface area contributed by atoms with E-state index in [2.05, 4.69) is 85.9 Å². The molecule has 0 bridgehead atoms. The van der Waals surface area contributed by atoms with Crippen molar-refractivity contribution in [3.8, 4) is 16.9 Å². The van der Waals surface area contributed by atoms with Crippen molar-refractivity contribution in [2.45, 2.75) is 13.5 Å². The molecule has 122 valence electrons. The number of aryl methyl sites for hydroxylation is 1. The van der Waals surface area contributed by atoms with E-state index in [4.69, 9.17) is 5.21 Å². The summed E-state index contributed by atoms with van der Waals surface area (Å²) in [7, 11) is 0. The third-order valence-electron chi connectivity index (χ3n) is 4.24. The Morgan fingerprint density at radius 3 is 2.12 bits per heavy atom. The fourth-order valence-corrected chi connectivity index (χ4v) is 2.91. The van der Waals surface area contributed by atoms with Crippen LogP contribution in [-0.4, -0.2) is 9.90 Å². The molecule has 0 N–H and O–H groups in total. The molecule has 3 nitrogen and oxygen atoms in total. The van der Waals surface area contributed by atoms with Crippen LogP contribution >= 0.6 is 0 Å². The van der Waals surface area contributed by atoms with Crippen LogP contribution in [0.2, 0.25) is 0 Å². The van der Waals surface area contributed by atoms with Gasteiger partial charge in [-0.1, -0.05) is 83.0 Å². The predicted octanol–water partition coefficient (Wildman–Crippen LogP) is 4.18. The molecule has 3 aromatic carbocycles. The van der Waals surface area contributed by atoms with Gasteiger partial charge in [-0.15, -0.1) is 4.68 Å². The monoisotopic (exact) mass is 326 g/mol. The molecule has 0 saturated carbocycles. The maximum Gasteiger partial charge on any atom is 0.204 e. The molecule has 0 fully saturated rings. The highest BCUT2D eigenvalue weighted by Gasteiger charge is 2.19. The van der Waals surface area contributed by atoms with Gasteiger partial charge in [0.25, 0.3) is 0 Å². The van der Waals surface area contributed by atoms with Crippen LogP contribution in [-0.2, 0) is 6.54 Å². The van der Waals surface area contributed by atoms with Crippen LogP contribution in [0.4, 0.5) is 0 Å². The molecule has 25 heavy (non-hydrogen) atoms. The van der Waals surface area contributed by atoms with Crippen LogP contribution in [0.5, 0.6) is 0 Å². The topological polar surface area (TPSA) is 21.7 Å². The molecule has 4 rings (SSSR count). The lowest BCUT2D eigenvalue weighted by atomic mass is 10.1. The Morgan fingerprint density at radius 2 is 1.44 bits per heavy atom. The van der Waals surface area contributed by atoms with Gasteiger partial charge in [-0.3, -0.25) is 0 Å². The zero-order valence-corrected chi connectivity index (χ0v) is 14.2. The van der Waals surface area contributed by atoms with Crippen LogP contribution in [0, 0.1) is 6.92 Å². The van der Waals surface area contributed by atoms with Crippen molar-refractivity contribution in [3.63, 3.8) is 0 Å². The fraction of sp³-hybridized carbons (Fsp3) is 0.0909. The third-order valence-corrected chi connectivity index (χ3v) is 4.24. The Morgan fingerprint density at radius 1 is 0.800 bits per heavy atom. The summed E-state index contributed by atoms with van der Waals surface area (Å²) in [6.45, 7) is 2.85. The van der Waals surface area contributed by atoms with Crippen molar-refractivity contribution in [3.05, 3.63) is 102 Å². The van der Waals surface area contributed by atoms with Crippen LogP contribution in [0.1, 0.15) is 11.1 Å². The van der Waals surface area contributed by atoms with Gasteiger partial charge in [0.15, 0.2) is 11.9 Å². The zero-order valence-electron chi connectivity index (χ0n) is 14.2. The minimum atomic E-state index is 0.750. The first-order valence-corrected chi connectivity index (χ1v) is 8.46. The number of rotatable bonds is 4. The van der Waals surface area contributed by atoms with Crippen molar-refractivity contribution >= 4 is 0 Å². The number of hydrogen-bond donors (Lipinski definition) is 0. The van der Waals surface area contributed by atoms with Gasteiger partial charge in [0.2, 0.25) is 5.69 Å². The minimum Gasteiger partial charge on any atom is -0.132 e. The lowest BCUT2D eigenvalue weighted by molar-refractivity contribution is -0.746. The standard InChI is InChI=1S/C22H20N3/c1-18-12-14-21(15-13-18)25-22(20-10-6-3-7-11-20)17-24(23-25)16-19-8-4-2-5-9-19/h2-15,17H,16H2,1H3/q+1. The highest BCUT2D eigenvalue weighted by molar-refractivity contribution is 5.60. The van der Waals surface area contributed by atoms with Gasteiger partial charge in [-0.25, -0.2) is 0 Å². The van der Waals surface area contributed by atoms with Crippen molar-refractivity contribution < 1.29 is 4.68 Å². The number of aromatic nitrogens is 3. The van der Waals surface area contributed by atoms with Crippen LogP contribution in [0.15, 0.2) is 91.1 Å². The maximum atomic E-state index is 4.82. The van der Waals surface area contributed by atoms with Crippen LogP contribution in [0.25, 0.3) is 16.9 Å². The molecule has 3 heteroatoms. The van der Waals surface area contributed by atoms with Gasteiger partial charge < -0.3 is 0 Å². The van der Waals surface area contributed by atoms with Gasteiger partial charge in [0, 0.05) is 5.56 Å². The normalized spacial score (nSPS) is 10.8. The Labute approximate surface area is 147 Å². The first-order chi connectivity index (χ1) is 12.3. The second kappa shape index (κ2) is 6.73. The summed E-state index contributed by atoms with van der Waals surface area (Å²) in [5, 5.41) is 4.82. The van der Waals surface area contributed by atoms with Crippen molar-refractivity contribution in [1.29, 1.82) is 0 Å². The van der Waals surface area contributed by atoms with Gasteiger partial charge >= 0.3 is 0 Å². The Hall–Kier alpha value is -3.20. The average molecular weight is 326 g/mol. The van der Waals surface area contributed by atoms with E-state index in [-0.39, 0.29) is 0 Å². The van der Waals surface area contributed by atoms with Crippen LogP contribution < -0.4 is 4.68 Å². The quantitative estimate of drug-likeness (QED) is 0.516. The molecule has 0 aliphatic heterocycles.